The molecule has 2 aromatic rings. The molecule has 0 bridgehead atoms. The number of aromatic nitrogens is 2. The summed E-state index contributed by atoms with van der Waals surface area (Å²) >= 11 is 12.0. The van der Waals surface area contributed by atoms with E-state index in [0.717, 1.165) is 13.0 Å². The second-order valence-corrected chi connectivity index (χ2v) is 6.32. The van der Waals surface area contributed by atoms with E-state index < -0.39 is 5.97 Å². The molecule has 1 saturated heterocycles. The van der Waals surface area contributed by atoms with Gasteiger partial charge in [-0.05, 0) is 37.6 Å². The second kappa shape index (κ2) is 6.91. The molecule has 0 saturated carbocycles. The zero-order valence-corrected chi connectivity index (χ0v) is 14.0. The van der Waals surface area contributed by atoms with E-state index in [1.807, 2.05) is 6.92 Å². The van der Waals surface area contributed by atoms with E-state index in [1.54, 1.807) is 30.5 Å². The Kier molecular flexibility index (Phi) is 4.90. The van der Waals surface area contributed by atoms with Crippen LogP contribution in [-0.4, -0.2) is 35.1 Å². The number of esters is 1. The van der Waals surface area contributed by atoms with Crippen molar-refractivity contribution in [2.45, 2.75) is 19.4 Å². The van der Waals surface area contributed by atoms with Crippen LogP contribution in [0.5, 0.6) is 0 Å². The van der Waals surface area contributed by atoms with Crippen molar-refractivity contribution in [1.82, 2.24) is 9.78 Å². The van der Waals surface area contributed by atoms with E-state index in [0.29, 0.717) is 22.3 Å². The van der Waals surface area contributed by atoms with Gasteiger partial charge in [-0.15, -0.1) is 0 Å². The van der Waals surface area contributed by atoms with Gasteiger partial charge in [0, 0.05) is 23.7 Å². The zero-order valence-electron chi connectivity index (χ0n) is 12.5. The fourth-order valence-electron chi connectivity index (χ4n) is 2.48. The van der Waals surface area contributed by atoms with Gasteiger partial charge in [-0.3, -0.25) is 0 Å². The number of rotatable bonds is 4. The quantitative estimate of drug-likeness (QED) is 0.784. The Balaban J connectivity index is 1.72. The minimum Gasteiger partial charge on any atom is -0.458 e. The molecule has 5 nitrogen and oxygen atoms in total. The fourth-order valence-corrected chi connectivity index (χ4v) is 2.98. The molecule has 0 spiro atoms. The van der Waals surface area contributed by atoms with Crippen LogP contribution in [0.1, 0.15) is 23.8 Å². The maximum absolute atomic E-state index is 12.2. The van der Waals surface area contributed by atoms with Crippen LogP contribution in [0.2, 0.25) is 10.0 Å². The number of ether oxygens (including phenoxy) is 2. The van der Waals surface area contributed by atoms with Crippen molar-refractivity contribution >= 4 is 29.2 Å². The second-order valence-electron chi connectivity index (χ2n) is 5.48. The summed E-state index contributed by atoms with van der Waals surface area (Å²) in [6.07, 6.45) is 2.37. The molecule has 2 heterocycles. The van der Waals surface area contributed by atoms with Crippen molar-refractivity contribution in [1.29, 1.82) is 0 Å². The highest BCUT2D eigenvalue weighted by molar-refractivity contribution is 6.35. The Morgan fingerprint density at radius 3 is 2.96 bits per heavy atom. The average molecular weight is 355 g/mol. The van der Waals surface area contributed by atoms with Gasteiger partial charge in [0.2, 0.25) is 0 Å². The first kappa shape index (κ1) is 16.3. The lowest BCUT2D eigenvalue weighted by atomic mass is 10.0. The summed E-state index contributed by atoms with van der Waals surface area (Å²) in [6, 6.07) is 6.68. The van der Waals surface area contributed by atoms with E-state index in [4.69, 9.17) is 32.7 Å². The highest BCUT2D eigenvalue weighted by Crippen LogP contribution is 2.24. The third-order valence-corrected chi connectivity index (χ3v) is 4.41. The van der Waals surface area contributed by atoms with E-state index >= 15 is 0 Å². The molecule has 0 unspecified atom stereocenters. The molecular weight excluding hydrogens is 339 g/mol. The van der Waals surface area contributed by atoms with Gasteiger partial charge in [-0.1, -0.05) is 23.2 Å². The predicted octanol–water partition coefficient (Wildman–Crippen LogP) is 3.76. The lowest BCUT2D eigenvalue weighted by Crippen LogP contribution is -2.24. The normalized spacial score (nSPS) is 18.8. The Morgan fingerprint density at radius 1 is 1.43 bits per heavy atom. The van der Waals surface area contributed by atoms with Gasteiger partial charge >= 0.3 is 5.97 Å². The molecule has 1 aliphatic heterocycles. The summed E-state index contributed by atoms with van der Waals surface area (Å²) < 4.78 is 12.3. The molecule has 1 aliphatic rings. The van der Waals surface area contributed by atoms with E-state index in [-0.39, 0.29) is 17.7 Å². The monoisotopic (exact) mass is 354 g/mol. The maximum atomic E-state index is 12.2. The molecule has 23 heavy (non-hydrogen) atoms. The molecule has 0 aliphatic carbocycles. The minimum absolute atomic E-state index is 0.200. The number of hydrogen-bond donors (Lipinski definition) is 0. The zero-order chi connectivity index (χ0) is 16.4. The Hall–Kier alpha value is -1.56. The number of nitrogens with zero attached hydrogens (tertiary/aromatic N) is 2. The highest BCUT2D eigenvalue weighted by Gasteiger charge is 2.26. The molecule has 1 fully saturated rings. The molecule has 1 aromatic heterocycles. The van der Waals surface area contributed by atoms with Crippen molar-refractivity contribution in [2.24, 2.45) is 5.92 Å². The van der Waals surface area contributed by atoms with Gasteiger partial charge in [0.15, 0.2) is 5.69 Å². The van der Waals surface area contributed by atoms with Crippen molar-refractivity contribution in [2.75, 3.05) is 13.2 Å². The van der Waals surface area contributed by atoms with Crippen molar-refractivity contribution in [3.05, 3.63) is 46.2 Å². The van der Waals surface area contributed by atoms with E-state index in [1.165, 1.54) is 4.68 Å². The molecule has 0 amide bonds. The average Bonchev–Trinajstić information content (AvgIpc) is 3.19. The third kappa shape index (κ3) is 3.68. The smallest absolute Gasteiger partial charge is 0.359 e. The number of hydrogen-bond acceptors (Lipinski definition) is 4. The molecule has 1 aromatic carbocycles. The Labute approximate surface area is 144 Å². The van der Waals surface area contributed by atoms with Crippen LogP contribution >= 0.6 is 23.2 Å². The minimum atomic E-state index is -0.451. The van der Waals surface area contributed by atoms with Crippen molar-refractivity contribution in [3.8, 4) is 5.69 Å². The molecule has 0 radical (unpaired) electrons. The highest BCUT2D eigenvalue weighted by atomic mass is 35.5. The Morgan fingerprint density at radius 2 is 2.26 bits per heavy atom. The lowest BCUT2D eigenvalue weighted by Gasteiger charge is -2.17. The van der Waals surface area contributed by atoms with Crippen molar-refractivity contribution in [3.63, 3.8) is 0 Å². The molecular formula is C16H16Cl2N2O3. The Bertz CT molecular complexity index is 711. The van der Waals surface area contributed by atoms with Crippen LogP contribution < -0.4 is 0 Å². The summed E-state index contributed by atoms with van der Waals surface area (Å²) in [4.78, 5) is 12.2. The van der Waals surface area contributed by atoms with Gasteiger partial charge in [0.25, 0.3) is 0 Å². The maximum Gasteiger partial charge on any atom is 0.359 e. The summed E-state index contributed by atoms with van der Waals surface area (Å²) in [5.74, 6) is -0.208. The van der Waals surface area contributed by atoms with E-state index in [2.05, 4.69) is 5.10 Å². The van der Waals surface area contributed by atoms with Crippen LogP contribution in [-0.2, 0) is 9.47 Å². The van der Waals surface area contributed by atoms with Gasteiger partial charge in [0.05, 0.1) is 17.3 Å². The number of carbonyl (C=O) groups is 1. The number of carbonyl (C=O) groups excluding carboxylic acids is 1. The SMILES string of the molecule is C[C@@H](OC(=O)c1ccn(-c2ccc(Cl)cc2Cl)n1)[C@@H]1CCOC1. The first-order valence-corrected chi connectivity index (χ1v) is 8.10. The number of benzene rings is 1. The third-order valence-electron chi connectivity index (χ3n) is 3.88. The predicted molar refractivity (Wildman–Crippen MR) is 87.4 cm³/mol. The molecule has 122 valence electrons. The van der Waals surface area contributed by atoms with Crippen LogP contribution in [0.3, 0.4) is 0 Å². The van der Waals surface area contributed by atoms with Gasteiger partial charge in [-0.2, -0.15) is 5.10 Å². The van der Waals surface area contributed by atoms with Crippen molar-refractivity contribution < 1.29 is 14.3 Å². The molecule has 3 rings (SSSR count). The summed E-state index contributed by atoms with van der Waals surface area (Å²) in [7, 11) is 0. The van der Waals surface area contributed by atoms with Gasteiger partial charge in [-0.25, -0.2) is 9.48 Å². The molecule has 0 N–H and O–H groups in total. The summed E-state index contributed by atoms with van der Waals surface area (Å²) in [5, 5.41) is 5.23. The van der Waals surface area contributed by atoms with E-state index in [9.17, 15) is 4.79 Å². The topological polar surface area (TPSA) is 53.4 Å². The van der Waals surface area contributed by atoms with Gasteiger partial charge in [0.1, 0.15) is 6.10 Å². The first-order valence-electron chi connectivity index (χ1n) is 7.34. The summed E-state index contributed by atoms with van der Waals surface area (Å²) in [6.45, 7) is 3.23. The van der Waals surface area contributed by atoms with Crippen LogP contribution in [0.15, 0.2) is 30.5 Å². The molecule has 2 atom stereocenters. The van der Waals surface area contributed by atoms with Gasteiger partial charge < -0.3 is 9.47 Å². The number of halogens is 2. The van der Waals surface area contributed by atoms with Crippen LogP contribution in [0.25, 0.3) is 5.69 Å². The summed E-state index contributed by atoms with van der Waals surface area (Å²) in [5.41, 5.74) is 0.883. The fraction of sp³-hybridized carbons (Fsp3) is 0.375. The largest absolute Gasteiger partial charge is 0.458 e. The van der Waals surface area contributed by atoms with Crippen LogP contribution in [0, 0.1) is 5.92 Å². The first-order chi connectivity index (χ1) is 11.0. The lowest BCUT2D eigenvalue weighted by molar-refractivity contribution is 0.0173. The molecule has 7 heteroatoms. The van der Waals surface area contributed by atoms with Crippen LogP contribution in [0.4, 0.5) is 0 Å². The standard InChI is InChI=1S/C16H16Cl2N2O3/c1-10(11-5-7-22-9-11)23-16(21)14-4-6-20(19-14)15-3-2-12(17)8-13(15)18/h2-4,6,8,10-11H,5,7,9H2,1H3/t10-,11-/m1/s1.